The lowest BCUT2D eigenvalue weighted by Gasteiger charge is -2.23. The number of nitrogens with zero attached hydrogens (tertiary/aromatic N) is 1. The van der Waals surface area contributed by atoms with Crippen LogP contribution in [0.3, 0.4) is 0 Å². The first-order valence-electron chi connectivity index (χ1n) is 6.75. The van der Waals surface area contributed by atoms with Gasteiger partial charge in [-0.25, -0.2) is 4.79 Å². The molecule has 0 unspecified atom stereocenters. The van der Waals surface area contributed by atoms with Crippen molar-refractivity contribution in [3.8, 4) is 11.5 Å². The molecular weight excluding hydrogens is 266 g/mol. The molecule has 110 valence electrons. The lowest BCUT2D eigenvalue weighted by atomic mass is 9.86. The maximum absolute atomic E-state index is 11.0. The number of carboxylic acid groups (broad SMARTS) is 1. The van der Waals surface area contributed by atoms with Gasteiger partial charge in [-0.15, -0.1) is 0 Å². The maximum atomic E-state index is 11.0. The summed E-state index contributed by atoms with van der Waals surface area (Å²) in [7, 11) is 0. The molecule has 0 saturated heterocycles. The molecule has 0 spiro atoms. The Labute approximate surface area is 124 Å². The third-order valence-electron chi connectivity index (χ3n) is 3.13. The predicted octanol–water partition coefficient (Wildman–Crippen LogP) is 4.18. The van der Waals surface area contributed by atoms with Crippen molar-refractivity contribution in [3.05, 3.63) is 53.3 Å². The first kappa shape index (κ1) is 15.0. The van der Waals surface area contributed by atoms with Crippen molar-refractivity contribution in [2.45, 2.75) is 33.1 Å². The van der Waals surface area contributed by atoms with E-state index in [0.29, 0.717) is 5.75 Å². The average molecular weight is 285 g/mol. The van der Waals surface area contributed by atoms with Crippen molar-refractivity contribution in [2.24, 2.45) is 0 Å². The van der Waals surface area contributed by atoms with Crippen molar-refractivity contribution in [2.75, 3.05) is 0 Å². The van der Waals surface area contributed by atoms with E-state index in [0.717, 1.165) is 16.9 Å². The van der Waals surface area contributed by atoms with Crippen LogP contribution in [0.5, 0.6) is 11.5 Å². The number of hydrogen-bond acceptors (Lipinski definition) is 3. The highest BCUT2D eigenvalue weighted by Gasteiger charge is 2.19. The molecule has 4 nitrogen and oxygen atoms in total. The molecule has 0 atom stereocenters. The molecule has 0 saturated carbocycles. The fourth-order valence-corrected chi connectivity index (χ4v) is 2.05. The second kappa shape index (κ2) is 5.56. The number of aromatic carboxylic acids is 1. The normalized spacial score (nSPS) is 11.2. The van der Waals surface area contributed by atoms with Crippen LogP contribution in [-0.4, -0.2) is 16.1 Å². The number of hydrogen-bond donors (Lipinski definition) is 1. The predicted molar refractivity (Wildman–Crippen MR) is 81.1 cm³/mol. The molecule has 0 bridgehead atoms. The molecule has 0 aliphatic rings. The van der Waals surface area contributed by atoms with Gasteiger partial charge in [-0.1, -0.05) is 32.9 Å². The first-order chi connectivity index (χ1) is 9.77. The van der Waals surface area contributed by atoms with Crippen molar-refractivity contribution in [1.82, 2.24) is 4.98 Å². The Bertz CT molecular complexity index is 672. The van der Waals surface area contributed by atoms with Gasteiger partial charge in [0.2, 0.25) is 0 Å². The summed E-state index contributed by atoms with van der Waals surface area (Å²) in [6, 6.07) is 7.51. The summed E-state index contributed by atoms with van der Waals surface area (Å²) < 4.78 is 5.88. The topological polar surface area (TPSA) is 59.4 Å². The van der Waals surface area contributed by atoms with Crippen molar-refractivity contribution in [3.63, 3.8) is 0 Å². The fraction of sp³-hybridized carbons (Fsp3) is 0.294. The van der Waals surface area contributed by atoms with E-state index in [9.17, 15) is 4.79 Å². The molecule has 1 N–H and O–H groups in total. The molecule has 2 aromatic rings. The molecule has 1 aromatic heterocycles. The maximum Gasteiger partial charge on any atom is 0.337 e. The van der Waals surface area contributed by atoms with Crippen LogP contribution in [0, 0.1) is 6.92 Å². The van der Waals surface area contributed by atoms with Gasteiger partial charge in [0.25, 0.3) is 0 Å². The number of carboxylic acids is 1. The summed E-state index contributed by atoms with van der Waals surface area (Å²) in [5, 5.41) is 9.01. The minimum Gasteiger partial charge on any atom is -0.478 e. The third kappa shape index (κ3) is 3.60. The van der Waals surface area contributed by atoms with Crippen LogP contribution in [0.1, 0.15) is 42.3 Å². The highest BCUT2D eigenvalue weighted by molar-refractivity contribution is 5.87. The van der Waals surface area contributed by atoms with Crippen LogP contribution < -0.4 is 4.74 Å². The zero-order chi connectivity index (χ0) is 15.6. The molecule has 2 rings (SSSR count). The SMILES string of the molecule is Cc1ccc(C(C)(C)C)c(Oc2cncc(C(=O)O)c2)c1. The van der Waals surface area contributed by atoms with E-state index in [1.54, 1.807) is 0 Å². The molecule has 1 heterocycles. The van der Waals surface area contributed by atoms with Crippen molar-refractivity contribution >= 4 is 5.97 Å². The minimum absolute atomic E-state index is 0.0686. The Morgan fingerprint density at radius 2 is 1.90 bits per heavy atom. The van der Waals surface area contributed by atoms with Crippen LogP contribution in [0.15, 0.2) is 36.7 Å². The number of ether oxygens (including phenoxy) is 1. The van der Waals surface area contributed by atoms with Gasteiger partial charge < -0.3 is 9.84 Å². The molecule has 0 aliphatic carbocycles. The molecule has 0 fully saturated rings. The van der Waals surface area contributed by atoms with Gasteiger partial charge in [-0.3, -0.25) is 4.98 Å². The fourth-order valence-electron chi connectivity index (χ4n) is 2.05. The summed E-state index contributed by atoms with van der Waals surface area (Å²) in [5.41, 5.74) is 2.19. The zero-order valence-corrected chi connectivity index (χ0v) is 12.7. The van der Waals surface area contributed by atoms with E-state index in [2.05, 4.69) is 25.8 Å². The van der Waals surface area contributed by atoms with Crippen LogP contribution in [-0.2, 0) is 5.41 Å². The summed E-state index contributed by atoms with van der Waals surface area (Å²) in [6.45, 7) is 8.31. The summed E-state index contributed by atoms with van der Waals surface area (Å²) >= 11 is 0. The van der Waals surface area contributed by atoms with Gasteiger partial charge >= 0.3 is 5.97 Å². The van der Waals surface area contributed by atoms with Gasteiger partial charge in [-0.05, 0) is 30.0 Å². The number of carbonyl (C=O) groups is 1. The van der Waals surface area contributed by atoms with Crippen LogP contribution in [0.25, 0.3) is 0 Å². The Kier molecular flexibility index (Phi) is 3.98. The van der Waals surface area contributed by atoms with E-state index in [4.69, 9.17) is 9.84 Å². The second-order valence-electron chi connectivity index (χ2n) is 6.07. The number of aryl methyl sites for hydroxylation is 1. The lowest BCUT2D eigenvalue weighted by molar-refractivity contribution is 0.0696. The molecule has 0 radical (unpaired) electrons. The second-order valence-corrected chi connectivity index (χ2v) is 6.07. The highest BCUT2D eigenvalue weighted by Crippen LogP contribution is 2.34. The number of pyridine rings is 1. The summed E-state index contributed by atoms with van der Waals surface area (Å²) in [6.07, 6.45) is 2.82. The first-order valence-corrected chi connectivity index (χ1v) is 6.75. The number of benzene rings is 1. The summed E-state index contributed by atoms with van der Waals surface area (Å²) in [5.74, 6) is 0.131. The largest absolute Gasteiger partial charge is 0.478 e. The van der Waals surface area contributed by atoms with Gasteiger partial charge in [0.05, 0.1) is 11.8 Å². The molecule has 21 heavy (non-hydrogen) atoms. The van der Waals surface area contributed by atoms with Gasteiger partial charge in [0.15, 0.2) is 0 Å². The quantitative estimate of drug-likeness (QED) is 0.919. The monoisotopic (exact) mass is 285 g/mol. The molecular formula is C17H19NO3. The Balaban J connectivity index is 2.41. The Hall–Kier alpha value is -2.36. The number of rotatable bonds is 3. The van der Waals surface area contributed by atoms with Crippen molar-refractivity contribution in [1.29, 1.82) is 0 Å². The lowest BCUT2D eigenvalue weighted by Crippen LogP contribution is -2.12. The average Bonchev–Trinajstić information content (AvgIpc) is 2.37. The van der Waals surface area contributed by atoms with E-state index >= 15 is 0 Å². The van der Waals surface area contributed by atoms with Gasteiger partial charge in [0, 0.05) is 11.8 Å². The van der Waals surface area contributed by atoms with Gasteiger partial charge in [0.1, 0.15) is 11.5 Å². The molecule has 4 heteroatoms. The van der Waals surface area contributed by atoms with Crippen LogP contribution >= 0.6 is 0 Å². The Morgan fingerprint density at radius 3 is 2.52 bits per heavy atom. The van der Waals surface area contributed by atoms with E-state index in [-0.39, 0.29) is 11.0 Å². The molecule has 0 amide bonds. The van der Waals surface area contributed by atoms with Gasteiger partial charge in [-0.2, -0.15) is 0 Å². The van der Waals surface area contributed by atoms with Crippen molar-refractivity contribution < 1.29 is 14.6 Å². The highest BCUT2D eigenvalue weighted by atomic mass is 16.5. The third-order valence-corrected chi connectivity index (χ3v) is 3.13. The van der Waals surface area contributed by atoms with E-state index in [1.807, 2.05) is 25.1 Å². The van der Waals surface area contributed by atoms with Crippen LogP contribution in [0.2, 0.25) is 0 Å². The zero-order valence-electron chi connectivity index (χ0n) is 12.7. The minimum atomic E-state index is -1.02. The van der Waals surface area contributed by atoms with E-state index < -0.39 is 5.97 Å². The van der Waals surface area contributed by atoms with Crippen LogP contribution in [0.4, 0.5) is 0 Å². The number of aromatic nitrogens is 1. The Morgan fingerprint density at radius 1 is 1.19 bits per heavy atom. The van der Waals surface area contributed by atoms with E-state index in [1.165, 1.54) is 18.5 Å². The standard InChI is InChI=1S/C17H19NO3/c1-11-5-6-14(17(2,3)4)15(7-11)21-13-8-12(16(19)20)9-18-10-13/h5-10H,1-4H3,(H,19,20). The molecule has 1 aromatic carbocycles. The summed E-state index contributed by atoms with van der Waals surface area (Å²) in [4.78, 5) is 14.9. The smallest absolute Gasteiger partial charge is 0.337 e. The molecule has 0 aliphatic heterocycles.